The smallest absolute Gasteiger partial charge is 0.233 e. The van der Waals surface area contributed by atoms with E-state index in [0.717, 1.165) is 0 Å². The van der Waals surface area contributed by atoms with E-state index in [2.05, 4.69) is 10.6 Å². The summed E-state index contributed by atoms with van der Waals surface area (Å²) in [6, 6.07) is 15.4. The highest BCUT2D eigenvalue weighted by Gasteiger charge is 2.11. The van der Waals surface area contributed by atoms with Crippen molar-refractivity contribution < 1.29 is 14.3 Å². The highest BCUT2D eigenvalue weighted by Crippen LogP contribution is 2.16. The van der Waals surface area contributed by atoms with Crippen molar-refractivity contribution >= 4 is 23.2 Å². The fourth-order valence-corrected chi connectivity index (χ4v) is 1.91. The molecule has 2 rings (SSSR count). The van der Waals surface area contributed by atoms with Crippen molar-refractivity contribution in [3.63, 3.8) is 0 Å². The third-order valence-electron chi connectivity index (χ3n) is 3.02. The van der Waals surface area contributed by atoms with E-state index in [9.17, 15) is 9.59 Å². The number of anilines is 2. The highest BCUT2D eigenvalue weighted by molar-refractivity contribution is 6.08. The second-order valence-corrected chi connectivity index (χ2v) is 4.66. The Balaban J connectivity index is 1.92. The van der Waals surface area contributed by atoms with Gasteiger partial charge in [-0.2, -0.15) is 5.26 Å². The third kappa shape index (κ3) is 4.58. The van der Waals surface area contributed by atoms with Crippen molar-refractivity contribution in [2.24, 2.45) is 0 Å². The predicted octanol–water partition coefficient (Wildman–Crippen LogP) is 2.53. The molecule has 2 aromatic carbocycles. The summed E-state index contributed by atoms with van der Waals surface area (Å²) >= 11 is 0. The molecule has 2 N–H and O–H groups in total. The van der Waals surface area contributed by atoms with Crippen LogP contribution in [0.25, 0.3) is 0 Å². The number of nitrogens with one attached hydrogen (secondary N) is 2. The Bertz CT molecular complexity index is 748. The average molecular weight is 309 g/mol. The van der Waals surface area contributed by atoms with Gasteiger partial charge in [0.2, 0.25) is 11.8 Å². The molecule has 0 saturated heterocycles. The summed E-state index contributed by atoms with van der Waals surface area (Å²) in [5.74, 6) is -0.255. The van der Waals surface area contributed by atoms with Crippen LogP contribution in [0, 0.1) is 11.3 Å². The van der Waals surface area contributed by atoms with Gasteiger partial charge in [0, 0.05) is 5.69 Å². The van der Waals surface area contributed by atoms with Gasteiger partial charge in [0.05, 0.1) is 18.4 Å². The lowest BCUT2D eigenvalue weighted by molar-refractivity contribution is -0.123. The predicted molar refractivity (Wildman–Crippen MR) is 86.0 cm³/mol. The molecule has 0 aromatic heterocycles. The van der Waals surface area contributed by atoms with Gasteiger partial charge in [-0.3, -0.25) is 9.59 Å². The molecule has 6 heteroatoms. The lowest BCUT2D eigenvalue weighted by Gasteiger charge is -2.08. The Labute approximate surface area is 133 Å². The zero-order valence-electron chi connectivity index (χ0n) is 12.5. The molecule has 0 aliphatic rings. The second kappa shape index (κ2) is 7.61. The molecule has 2 amide bonds. The summed E-state index contributed by atoms with van der Waals surface area (Å²) < 4.78 is 5.02. The molecule has 2 aromatic rings. The van der Waals surface area contributed by atoms with Crippen LogP contribution in [0.3, 0.4) is 0 Å². The molecular formula is C17H15N3O3. The molecular weight excluding hydrogens is 294 g/mol. The highest BCUT2D eigenvalue weighted by atomic mass is 16.5. The first-order valence-electron chi connectivity index (χ1n) is 6.85. The maximum absolute atomic E-state index is 11.9. The number of carbonyl (C=O) groups excluding carboxylic acids is 2. The molecule has 0 atom stereocenters. The van der Waals surface area contributed by atoms with Crippen molar-refractivity contribution in [2.75, 3.05) is 17.7 Å². The Morgan fingerprint density at radius 1 is 1.04 bits per heavy atom. The van der Waals surface area contributed by atoms with E-state index in [0.29, 0.717) is 22.7 Å². The van der Waals surface area contributed by atoms with Gasteiger partial charge < -0.3 is 15.4 Å². The van der Waals surface area contributed by atoms with Gasteiger partial charge in [0.1, 0.15) is 18.2 Å². The maximum Gasteiger partial charge on any atom is 0.233 e. The summed E-state index contributed by atoms with van der Waals surface area (Å²) in [5.41, 5.74) is 1.30. The van der Waals surface area contributed by atoms with Crippen LogP contribution in [0.4, 0.5) is 11.4 Å². The molecule has 0 heterocycles. The molecule has 0 unspecified atom stereocenters. The first-order chi connectivity index (χ1) is 11.1. The number of rotatable bonds is 5. The van der Waals surface area contributed by atoms with E-state index in [-0.39, 0.29) is 6.42 Å². The van der Waals surface area contributed by atoms with E-state index in [1.807, 2.05) is 6.07 Å². The summed E-state index contributed by atoms with van der Waals surface area (Å²) in [6.45, 7) is 0. The van der Waals surface area contributed by atoms with Crippen molar-refractivity contribution in [1.82, 2.24) is 0 Å². The van der Waals surface area contributed by atoms with Crippen molar-refractivity contribution in [3.05, 3.63) is 54.1 Å². The van der Waals surface area contributed by atoms with Crippen LogP contribution in [-0.4, -0.2) is 18.9 Å². The Morgan fingerprint density at radius 2 is 1.70 bits per heavy atom. The molecule has 0 bridgehead atoms. The molecule has 0 aliphatic carbocycles. The van der Waals surface area contributed by atoms with Gasteiger partial charge in [-0.25, -0.2) is 0 Å². The zero-order chi connectivity index (χ0) is 16.7. The number of amides is 2. The van der Waals surface area contributed by atoms with Gasteiger partial charge in [0.25, 0.3) is 0 Å². The summed E-state index contributed by atoms with van der Waals surface area (Å²) in [7, 11) is 1.55. The standard InChI is InChI=1S/C17H15N3O3/c1-23-14-8-6-13(7-9-14)19-16(21)10-17(22)20-15-5-3-2-4-12(15)11-18/h2-9H,10H2,1H3,(H,19,21)(H,20,22). The van der Waals surface area contributed by atoms with Gasteiger partial charge in [-0.1, -0.05) is 12.1 Å². The van der Waals surface area contributed by atoms with E-state index < -0.39 is 11.8 Å². The SMILES string of the molecule is COc1ccc(NC(=O)CC(=O)Nc2ccccc2C#N)cc1. The lowest BCUT2D eigenvalue weighted by Crippen LogP contribution is -2.21. The fraction of sp³-hybridized carbons (Fsp3) is 0.118. The monoisotopic (exact) mass is 309 g/mol. The van der Waals surface area contributed by atoms with Crippen LogP contribution in [0.1, 0.15) is 12.0 Å². The van der Waals surface area contributed by atoms with Crippen LogP contribution in [0.2, 0.25) is 0 Å². The number of nitrogens with zero attached hydrogens (tertiary/aromatic N) is 1. The van der Waals surface area contributed by atoms with Crippen LogP contribution in [-0.2, 0) is 9.59 Å². The van der Waals surface area contributed by atoms with Gasteiger partial charge >= 0.3 is 0 Å². The summed E-state index contributed by atoms with van der Waals surface area (Å²) in [6.07, 6.45) is -0.341. The summed E-state index contributed by atoms with van der Waals surface area (Å²) in [5, 5.41) is 14.1. The minimum Gasteiger partial charge on any atom is -0.497 e. The van der Waals surface area contributed by atoms with E-state index >= 15 is 0 Å². The van der Waals surface area contributed by atoms with Gasteiger partial charge in [-0.15, -0.1) is 0 Å². The largest absolute Gasteiger partial charge is 0.497 e. The molecule has 6 nitrogen and oxygen atoms in total. The number of carbonyl (C=O) groups is 2. The lowest BCUT2D eigenvalue weighted by atomic mass is 10.2. The number of para-hydroxylation sites is 1. The quantitative estimate of drug-likeness (QED) is 0.830. The van der Waals surface area contributed by atoms with E-state index in [4.69, 9.17) is 10.00 Å². The molecule has 23 heavy (non-hydrogen) atoms. The topological polar surface area (TPSA) is 91.2 Å². The average Bonchev–Trinajstić information content (AvgIpc) is 2.55. The zero-order valence-corrected chi connectivity index (χ0v) is 12.5. The molecule has 0 spiro atoms. The molecule has 0 fully saturated rings. The van der Waals surface area contributed by atoms with Crippen molar-refractivity contribution in [1.29, 1.82) is 5.26 Å². The van der Waals surface area contributed by atoms with Gasteiger partial charge in [0.15, 0.2) is 0 Å². The normalized spacial score (nSPS) is 9.57. The summed E-state index contributed by atoms with van der Waals surface area (Å²) in [4.78, 5) is 23.7. The van der Waals surface area contributed by atoms with Crippen LogP contribution in [0.15, 0.2) is 48.5 Å². The second-order valence-electron chi connectivity index (χ2n) is 4.66. The van der Waals surface area contributed by atoms with E-state index in [1.54, 1.807) is 55.6 Å². The number of nitriles is 1. The third-order valence-corrected chi connectivity index (χ3v) is 3.02. The molecule has 116 valence electrons. The number of hydrogen-bond donors (Lipinski definition) is 2. The minimum absolute atomic E-state index is 0.341. The van der Waals surface area contributed by atoms with Crippen LogP contribution in [0.5, 0.6) is 5.75 Å². The number of ether oxygens (including phenoxy) is 1. The van der Waals surface area contributed by atoms with Crippen molar-refractivity contribution in [2.45, 2.75) is 6.42 Å². The number of hydrogen-bond acceptors (Lipinski definition) is 4. The molecule has 0 aliphatic heterocycles. The first-order valence-corrected chi connectivity index (χ1v) is 6.85. The van der Waals surface area contributed by atoms with Crippen LogP contribution < -0.4 is 15.4 Å². The molecule has 0 saturated carbocycles. The maximum atomic E-state index is 11.9. The Kier molecular flexibility index (Phi) is 5.31. The number of benzene rings is 2. The first kappa shape index (κ1) is 16.0. The Morgan fingerprint density at radius 3 is 2.35 bits per heavy atom. The minimum atomic E-state index is -0.487. The van der Waals surface area contributed by atoms with E-state index in [1.165, 1.54) is 0 Å². The number of methoxy groups -OCH3 is 1. The van der Waals surface area contributed by atoms with Crippen molar-refractivity contribution in [3.8, 4) is 11.8 Å². The fourth-order valence-electron chi connectivity index (χ4n) is 1.91. The van der Waals surface area contributed by atoms with Gasteiger partial charge in [-0.05, 0) is 36.4 Å². The molecule has 0 radical (unpaired) electrons. The Hall–Kier alpha value is -3.33. The van der Waals surface area contributed by atoms with Crippen LogP contribution >= 0.6 is 0 Å².